The molecule has 4 rings (SSSR count). The number of nitrogens with zero attached hydrogens (tertiary/aromatic N) is 2. The van der Waals surface area contributed by atoms with Gasteiger partial charge in [0, 0.05) is 12.0 Å². The molecular weight excluding hydrogens is 445 g/mol. The summed E-state index contributed by atoms with van der Waals surface area (Å²) < 4.78 is 44.1. The van der Waals surface area contributed by atoms with Gasteiger partial charge in [-0.05, 0) is 25.0 Å². The molecule has 1 aromatic carbocycles. The second kappa shape index (κ2) is 9.41. The molecular formula is C20H22FN3O5S2. The Bertz CT molecular complexity index is 1060. The summed E-state index contributed by atoms with van der Waals surface area (Å²) in [6, 6.07) is 6.01. The maximum Gasteiger partial charge on any atom is 0.280 e. The Morgan fingerprint density at radius 3 is 2.58 bits per heavy atom. The molecule has 1 atom stereocenters. The molecule has 1 N–H and O–H groups in total. The van der Waals surface area contributed by atoms with Crippen molar-refractivity contribution in [3.63, 3.8) is 0 Å². The van der Waals surface area contributed by atoms with Gasteiger partial charge in [0.25, 0.3) is 5.91 Å². The molecule has 8 nitrogen and oxygen atoms in total. The van der Waals surface area contributed by atoms with Gasteiger partial charge < -0.3 is 9.57 Å². The number of nitrogens with one attached hydrogen (secondary N) is 1. The van der Waals surface area contributed by atoms with Crippen LogP contribution in [0.5, 0.6) is 0 Å². The number of thiazole rings is 1. The van der Waals surface area contributed by atoms with Crippen molar-refractivity contribution in [1.29, 1.82) is 0 Å². The highest BCUT2D eigenvalue weighted by atomic mass is 32.2. The van der Waals surface area contributed by atoms with Crippen molar-refractivity contribution in [3.05, 3.63) is 41.2 Å². The van der Waals surface area contributed by atoms with E-state index in [9.17, 15) is 17.6 Å². The van der Waals surface area contributed by atoms with Crippen LogP contribution in [0.3, 0.4) is 0 Å². The number of aromatic nitrogens is 1. The van der Waals surface area contributed by atoms with Crippen LogP contribution in [-0.4, -0.2) is 49.6 Å². The van der Waals surface area contributed by atoms with Gasteiger partial charge in [0.15, 0.2) is 31.9 Å². The number of carbonyl (C=O) groups is 1. The number of hydrogen-bond donors (Lipinski definition) is 1. The molecule has 2 aromatic rings. The van der Waals surface area contributed by atoms with Crippen molar-refractivity contribution in [2.24, 2.45) is 5.16 Å². The van der Waals surface area contributed by atoms with Gasteiger partial charge in [-0.3, -0.25) is 10.1 Å². The van der Waals surface area contributed by atoms with E-state index in [4.69, 9.17) is 9.57 Å². The molecule has 2 aliphatic rings. The highest BCUT2D eigenvalue weighted by Crippen LogP contribution is 2.29. The maximum atomic E-state index is 13.2. The number of rotatable bonds is 7. The van der Waals surface area contributed by atoms with E-state index in [1.165, 1.54) is 24.3 Å². The summed E-state index contributed by atoms with van der Waals surface area (Å²) in [6.45, 7) is 0.919. The van der Waals surface area contributed by atoms with Crippen LogP contribution in [0.25, 0.3) is 0 Å². The molecule has 1 aliphatic heterocycles. The lowest BCUT2D eigenvalue weighted by Gasteiger charge is -2.12. The Balaban J connectivity index is 1.57. The highest BCUT2D eigenvalue weighted by Gasteiger charge is 2.30. The zero-order chi connectivity index (χ0) is 21.8. The predicted molar refractivity (Wildman–Crippen MR) is 113 cm³/mol. The van der Waals surface area contributed by atoms with Crippen LogP contribution in [-0.2, 0) is 24.2 Å². The lowest BCUT2D eigenvalue weighted by molar-refractivity contribution is -0.110. The van der Waals surface area contributed by atoms with E-state index < -0.39 is 20.9 Å². The first-order valence-electron chi connectivity index (χ1n) is 10.0. The van der Waals surface area contributed by atoms with E-state index in [-0.39, 0.29) is 27.1 Å². The maximum absolute atomic E-state index is 13.2. The molecule has 1 aliphatic carbocycles. The largest absolute Gasteiger partial charge is 0.389 e. The Morgan fingerprint density at radius 1 is 1.23 bits per heavy atom. The van der Waals surface area contributed by atoms with Crippen molar-refractivity contribution < 1.29 is 27.2 Å². The number of amides is 1. The minimum absolute atomic E-state index is 0.0627. The quantitative estimate of drug-likeness (QED) is 0.495. The van der Waals surface area contributed by atoms with E-state index in [2.05, 4.69) is 15.5 Å². The first kappa shape index (κ1) is 21.8. The Kier molecular flexibility index (Phi) is 6.63. The Labute approximate surface area is 183 Å². The summed E-state index contributed by atoms with van der Waals surface area (Å²) in [5.74, 6) is -0.639. The SMILES string of the molecule is O=C(Nc1ncc(F)s1)C(=NO[C@@H]1CCOC1)c1ccc(S(=O)(=O)C2CCCC2)cc1. The molecule has 31 heavy (non-hydrogen) atoms. The molecule has 0 radical (unpaired) electrons. The standard InChI is InChI=1S/C20H22FN3O5S2/c21-17-11-22-20(30-17)23-19(25)18(24-29-14-9-10-28-12-14)13-5-7-16(8-6-13)31(26,27)15-3-1-2-4-15/h5-8,11,14-15H,1-4,9-10,12H2,(H,22,23,25)/t14-/m1/s1. The molecule has 1 saturated heterocycles. The summed E-state index contributed by atoms with van der Waals surface area (Å²) in [5, 5.41) is 5.69. The number of hydrogen-bond acceptors (Lipinski definition) is 8. The van der Waals surface area contributed by atoms with Gasteiger partial charge in [0.05, 0.1) is 29.6 Å². The van der Waals surface area contributed by atoms with Gasteiger partial charge in [0.1, 0.15) is 0 Å². The molecule has 166 valence electrons. The second-order valence-corrected chi connectivity index (χ2v) is 10.6. The van der Waals surface area contributed by atoms with E-state index in [0.29, 0.717) is 49.4 Å². The molecule has 1 aromatic heterocycles. The van der Waals surface area contributed by atoms with Gasteiger partial charge in [0.2, 0.25) is 0 Å². The van der Waals surface area contributed by atoms with Gasteiger partial charge in [-0.25, -0.2) is 13.4 Å². The summed E-state index contributed by atoms with van der Waals surface area (Å²) in [7, 11) is -3.41. The third kappa shape index (κ3) is 5.10. The van der Waals surface area contributed by atoms with Crippen molar-refractivity contribution >= 4 is 37.9 Å². The molecule has 1 amide bonds. The fourth-order valence-corrected chi connectivity index (χ4v) is 6.00. The van der Waals surface area contributed by atoms with E-state index in [1.807, 2.05) is 0 Å². The van der Waals surface area contributed by atoms with Crippen molar-refractivity contribution in [3.8, 4) is 0 Å². The van der Waals surface area contributed by atoms with Crippen molar-refractivity contribution in [1.82, 2.24) is 4.98 Å². The topological polar surface area (TPSA) is 107 Å². The molecule has 2 fully saturated rings. The lowest BCUT2D eigenvalue weighted by atomic mass is 10.1. The van der Waals surface area contributed by atoms with Crippen LogP contribution >= 0.6 is 11.3 Å². The zero-order valence-electron chi connectivity index (χ0n) is 16.6. The predicted octanol–water partition coefficient (Wildman–Crippen LogP) is 3.15. The minimum Gasteiger partial charge on any atom is -0.389 e. The normalized spacial score (nSPS) is 20.2. The van der Waals surface area contributed by atoms with Crippen LogP contribution < -0.4 is 5.32 Å². The van der Waals surface area contributed by atoms with Crippen LogP contribution in [0.15, 0.2) is 40.5 Å². The number of benzene rings is 1. The number of halogens is 1. The van der Waals surface area contributed by atoms with Gasteiger partial charge in [-0.1, -0.05) is 41.5 Å². The minimum atomic E-state index is -3.41. The number of carbonyl (C=O) groups excluding carboxylic acids is 1. The third-order valence-corrected chi connectivity index (χ3v) is 8.27. The Hall–Kier alpha value is -2.37. The lowest BCUT2D eigenvalue weighted by Crippen LogP contribution is -2.25. The van der Waals surface area contributed by atoms with Crippen LogP contribution in [0.4, 0.5) is 9.52 Å². The number of anilines is 1. The van der Waals surface area contributed by atoms with E-state index in [1.54, 1.807) is 0 Å². The average molecular weight is 468 g/mol. The summed E-state index contributed by atoms with van der Waals surface area (Å²) in [6.07, 6.45) is 4.54. The fraction of sp³-hybridized carbons (Fsp3) is 0.450. The smallest absolute Gasteiger partial charge is 0.280 e. The molecule has 0 bridgehead atoms. The third-order valence-electron chi connectivity index (χ3n) is 5.29. The number of sulfone groups is 1. The van der Waals surface area contributed by atoms with Gasteiger partial charge in [-0.2, -0.15) is 4.39 Å². The van der Waals surface area contributed by atoms with Crippen molar-refractivity contribution in [2.75, 3.05) is 18.5 Å². The van der Waals surface area contributed by atoms with Crippen LogP contribution in [0, 0.1) is 5.13 Å². The monoisotopic (exact) mass is 467 g/mol. The molecule has 1 saturated carbocycles. The van der Waals surface area contributed by atoms with E-state index >= 15 is 0 Å². The first-order valence-corrected chi connectivity index (χ1v) is 12.4. The summed E-state index contributed by atoms with van der Waals surface area (Å²) in [5.41, 5.74) is 0.311. The Morgan fingerprint density at radius 2 is 1.97 bits per heavy atom. The fourth-order valence-electron chi connectivity index (χ4n) is 3.61. The zero-order valence-corrected chi connectivity index (χ0v) is 18.3. The van der Waals surface area contributed by atoms with Crippen LogP contribution in [0.1, 0.15) is 37.7 Å². The highest BCUT2D eigenvalue weighted by molar-refractivity contribution is 7.92. The summed E-state index contributed by atoms with van der Waals surface area (Å²) >= 11 is 0.687. The molecule has 2 heterocycles. The average Bonchev–Trinajstić information content (AvgIpc) is 3.52. The summed E-state index contributed by atoms with van der Waals surface area (Å²) in [4.78, 5) is 22.2. The second-order valence-electron chi connectivity index (χ2n) is 7.43. The van der Waals surface area contributed by atoms with Crippen molar-refractivity contribution in [2.45, 2.75) is 48.4 Å². The first-order chi connectivity index (χ1) is 14.9. The number of ether oxygens (including phenoxy) is 1. The van der Waals surface area contributed by atoms with Gasteiger partial charge in [-0.15, -0.1) is 0 Å². The number of oxime groups is 1. The molecule has 11 heteroatoms. The van der Waals surface area contributed by atoms with Gasteiger partial charge >= 0.3 is 0 Å². The molecule has 0 unspecified atom stereocenters. The van der Waals surface area contributed by atoms with Crippen LogP contribution in [0.2, 0.25) is 0 Å². The molecule has 0 spiro atoms. The van der Waals surface area contributed by atoms with E-state index in [0.717, 1.165) is 19.0 Å².